The summed E-state index contributed by atoms with van der Waals surface area (Å²) in [6.07, 6.45) is 1.17. The molecular weight excluding hydrogens is 962 g/mol. The molecule has 2 N–H and O–H groups in total. The smallest absolute Gasteiger partial charge is 0 e. The molecule has 0 atom stereocenters. The maximum absolute atomic E-state index is 13.4. The number of halogens is 5. The zero-order valence-corrected chi connectivity index (χ0v) is 42.3. The number of rotatable bonds is 16. The van der Waals surface area contributed by atoms with Gasteiger partial charge in [0.05, 0.1) is 31.3 Å². The molecule has 0 aromatic heterocycles. The van der Waals surface area contributed by atoms with Gasteiger partial charge in [0.15, 0.2) is 0 Å². The summed E-state index contributed by atoms with van der Waals surface area (Å²) >= 11 is -7.26. The van der Waals surface area contributed by atoms with Gasteiger partial charge >= 0.3 is 26.9 Å². The third kappa shape index (κ3) is 19.8. The van der Waals surface area contributed by atoms with Gasteiger partial charge in [-0.05, 0) is 79.2 Å². The van der Waals surface area contributed by atoms with Gasteiger partial charge in [-0.1, -0.05) is 120 Å². The minimum atomic E-state index is -5.33. The van der Waals surface area contributed by atoms with Crippen LogP contribution in [0.15, 0.2) is 51.1 Å². The zero-order chi connectivity index (χ0) is 43.8. The SMILES string of the molecule is COCc1cc(C(C)(C)C)cc(COC)c1S(F)(F)F.COCc1cc(C(C)(C)C)cc(COC)c1SSc1c(CCO)cc(C(C)(C)C)cc1CCO.[CH3-].[F][Ag][F].[V]. The van der Waals surface area contributed by atoms with Crippen LogP contribution >= 0.6 is 32.8 Å². The van der Waals surface area contributed by atoms with Gasteiger partial charge in [0.1, 0.15) is 0 Å². The topological polar surface area (TPSA) is 77.4 Å². The second kappa shape index (κ2) is 28.3. The molecule has 0 saturated carbocycles. The summed E-state index contributed by atoms with van der Waals surface area (Å²) in [5.74, 6) is 0. The van der Waals surface area contributed by atoms with Crippen LogP contribution in [-0.2, 0) is 114 Å². The molecular formula is C43H66AgF5O6S3V-. The molecule has 0 spiro atoms. The van der Waals surface area contributed by atoms with Crippen LogP contribution in [0.1, 0.15) is 112 Å². The summed E-state index contributed by atoms with van der Waals surface area (Å²) in [4.78, 5) is 1.73. The first kappa shape index (κ1) is 60.5. The van der Waals surface area contributed by atoms with E-state index in [1.807, 2.05) is 20.8 Å². The van der Waals surface area contributed by atoms with Gasteiger partial charge in [0.2, 0.25) is 11.2 Å². The Kier molecular flexibility index (Phi) is 29.0. The second-order valence-electron chi connectivity index (χ2n) is 16.4. The van der Waals surface area contributed by atoms with Crippen molar-refractivity contribution in [3.05, 3.63) is 93.9 Å². The summed E-state index contributed by atoms with van der Waals surface area (Å²) in [7, 11) is 9.67. The molecule has 6 nitrogen and oxygen atoms in total. The first-order chi connectivity index (χ1) is 26.5. The average Bonchev–Trinajstić information content (AvgIpc) is 3.08. The monoisotopic (exact) mass is 1030 g/mol. The molecule has 0 aliphatic rings. The van der Waals surface area contributed by atoms with Crippen molar-refractivity contribution in [1.82, 2.24) is 0 Å². The van der Waals surface area contributed by atoms with E-state index in [2.05, 4.69) is 65.8 Å². The van der Waals surface area contributed by atoms with E-state index in [-0.39, 0.29) is 79.8 Å². The molecule has 0 unspecified atom stereocenters. The third-order valence-electron chi connectivity index (χ3n) is 8.73. The van der Waals surface area contributed by atoms with Crippen LogP contribution < -0.4 is 0 Å². The summed E-state index contributed by atoms with van der Waals surface area (Å²) < 4.78 is 80.4. The van der Waals surface area contributed by atoms with Gasteiger partial charge in [0.25, 0.3) is 0 Å². The predicted octanol–water partition coefficient (Wildman–Crippen LogP) is 12.8. The fourth-order valence-corrected chi connectivity index (χ4v) is 9.59. The Bertz CT molecular complexity index is 1520. The van der Waals surface area contributed by atoms with E-state index in [0.717, 1.165) is 37.6 Å². The molecule has 3 aromatic carbocycles. The van der Waals surface area contributed by atoms with Crippen LogP contribution in [0.4, 0.5) is 17.7 Å². The van der Waals surface area contributed by atoms with Crippen molar-refractivity contribution in [1.29, 1.82) is 0 Å². The summed E-state index contributed by atoms with van der Waals surface area (Å²) in [5, 5.41) is 19.6. The molecule has 3 rings (SSSR count). The number of methoxy groups -OCH3 is 4. The Morgan fingerprint density at radius 3 is 1.00 bits per heavy atom. The maximum Gasteiger partial charge on any atom is 0 e. The van der Waals surface area contributed by atoms with E-state index < -0.39 is 36.9 Å². The molecule has 0 heterocycles. The van der Waals surface area contributed by atoms with Crippen molar-refractivity contribution < 1.29 is 86.3 Å². The van der Waals surface area contributed by atoms with Crippen LogP contribution in [-0.4, -0.2) is 51.9 Å². The Morgan fingerprint density at radius 2 is 0.763 bits per heavy atom. The van der Waals surface area contributed by atoms with Crippen LogP contribution in [0.25, 0.3) is 0 Å². The Balaban J connectivity index is 0. The molecule has 0 saturated heterocycles. The number of hydrogen-bond acceptors (Lipinski definition) is 8. The number of ether oxygens (including phenoxy) is 4. The van der Waals surface area contributed by atoms with Crippen molar-refractivity contribution in [3.8, 4) is 0 Å². The average molecular weight is 1030 g/mol. The predicted molar refractivity (Wildman–Crippen MR) is 229 cm³/mol. The summed E-state index contributed by atoms with van der Waals surface area (Å²) in [5.41, 5.74) is 8.06. The van der Waals surface area contributed by atoms with Crippen molar-refractivity contribution >= 4 is 32.8 Å². The van der Waals surface area contributed by atoms with E-state index >= 15 is 0 Å². The molecule has 16 heteroatoms. The standard InChI is InChI=1S/C28H42O4S2.C14H21F3O2S.CH3.Ag.2FH.V/c1-27(2,3)23-13-19(9-11-29)25(20(14-23)10-12-30)33-34-26-21(17-31-7)15-24(28(4,5)6)16-22(26)18-32-8;1-14(2,3)12-6-10(8-18-4)13(20(15,16)17)11(7-12)9-19-5;;;;;/h13-16,29-30H,9-12,17-18H2,1-8H3;6-7H,8-9H2,1-5H3;1H3;;2*1H;/q;;-1;+2;;;/p-2. The van der Waals surface area contributed by atoms with Gasteiger partial charge in [-0.15, -0.1) is 11.7 Å². The van der Waals surface area contributed by atoms with Gasteiger partial charge in [-0.2, -0.15) is 0 Å². The molecule has 0 fully saturated rings. The van der Waals surface area contributed by atoms with Gasteiger partial charge in [-0.25, -0.2) is 0 Å². The van der Waals surface area contributed by atoms with Gasteiger partial charge < -0.3 is 36.6 Å². The van der Waals surface area contributed by atoms with Crippen LogP contribution in [0, 0.1) is 7.43 Å². The summed E-state index contributed by atoms with van der Waals surface area (Å²) in [6.45, 7) is 20.3. The molecule has 0 aliphatic heterocycles. The molecule has 344 valence electrons. The molecule has 0 aliphatic carbocycles. The van der Waals surface area contributed by atoms with E-state index in [1.165, 1.54) is 25.3 Å². The van der Waals surface area contributed by atoms with Gasteiger partial charge in [-0.3, -0.25) is 0 Å². The molecule has 0 bridgehead atoms. The number of aliphatic hydroxyl groups excluding tert-OH is 2. The number of benzene rings is 3. The maximum atomic E-state index is 13.4. The van der Waals surface area contributed by atoms with E-state index in [1.54, 1.807) is 47.9 Å². The minimum absolute atomic E-state index is 0. The van der Waals surface area contributed by atoms with Crippen molar-refractivity contribution in [2.75, 3.05) is 41.7 Å². The first-order valence-corrected chi connectivity index (χ1v) is 22.8. The molecule has 59 heavy (non-hydrogen) atoms. The van der Waals surface area contributed by atoms with E-state index in [0.29, 0.717) is 26.1 Å². The normalized spacial score (nSPS) is 12.1. The molecule has 0 amide bonds. The van der Waals surface area contributed by atoms with Crippen LogP contribution in [0.5, 0.6) is 0 Å². The quantitative estimate of drug-likeness (QED) is 0.0636. The minimum Gasteiger partial charge on any atom is 0 e. The Hall–Kier alpha value is -0.555. The van der Waals surface area contributed by atoms with Crippen molar-refractivity contribution in [3.63, 3.8) is 0 Å². The third-order valence-corrected chi connectivity index (χ3v) is 12.4. The first-order valence-electron chi connectivity index (χ1n) is 18.2. The second-order valence-corrected chi connectivity index (χ2v) is 20.0. The van der Waals surface area contributed by atoms with E-state index in [9.17, 15) is 27.9 Å². The summed E-state index contributed by atoms with van der Waals surface area (Å²) in [6, 6.07) is 12.1. The fraction of sp³-hybridized carbons (Fsp3) is 0.558. The number of hydrogen-bond donors (Lipinski definition) is 2. The largest absolute Gasteiger partial charge is 0 e. The fourth-order valence-electron chi connectivity index (χ4n) is 5.82. The van der Waals surface area contributed by atoms with E-state index in [4.69, 9.17) is 18.9 Å². The zero-order valence-electron chi connectivity index (χ0n) is 37.0. The van der Waals surface area contributed by atoms with Crippen molar-refractivity contribution in [2.45, 2.75) is 133 Å². The molecule has 1 radical (unpaired) electrons. The van der Waals surface area contributed by atoms with Gasteiger partial charge in [0, 0.05) is 70.0 Å². The van der Waals surface area contributed by atoms with Crippen LogP contribution in [0.3, 0.4) is 0 Å². The van der Waals surface area contributed by atoms with Crippen molar-refractivity contribution in [2.24, 2.45) is 0 Å². The van der Waals surface area contributed by atoms with Crippen LogP contribution in [0.2, 0.25) is 0 Å². The molecule has 3 aromatic rings. The number of aliphatic hydroxyl groups is 2. The Labute approximate surface area is 384 Å². The Morgan fingerprint density at radius 1 is 0.525 bits per heavy atom.